The fourth-order valence-electron chi connectivity index (χ4n) is 6.51. The Morgan fingerprint density at radius 1 is 0.231 bits per heavy atom. The van der Waals surface area contributed by atoms with Crippen molar-refractivity contribution in [1.82, 2.24) is 9.97 Å². The summed E-state index contributed by atoms with van der Waals surface area (Å²) in [4.78, 5) is 10.2. The second kappa shape index (κ2) is 13.7. The Balaban J connectivity index is 1.15. The number of nitrogens with zero attached hydrogens (tertiary/aromatic N) is 2. The molecule has 0 radical (unpaired) electrons. The van der Waals surface area contributed by atoms with Crippen LogP contribution in [0.4, 0.5) is 0 Å². The van der Waals surface area contributed by atoms with Crippen molar-refractivity contribution in [3.63, 3.8) is 0 Å². The van der Waals surface area contributed by atoms with Crippen LogP contribution >= 0.6 is 0 Å². The first kappa shape index (κ1) is 31.0. The van der Waals surface area contributed by atoms with Crippen LogP contribution in [-0.2, 0) is 0 Å². The molecule has 0 aliphatic heterocycles. The highest BCUT2D eigenvalue weighted by atomic mass is 16.3. The molecule has 0 N–H and O–H groups in total. The molecule has 0 spiro atoms. The lowest BCUT2D eigenvalue weighted by Gasteiger charge is -2.12. The zero-order valence-corrected chi connectivity index (χ0v) is 28.2. The van der Waals surface area contributed by atoms with Crippen LogP contribution in [0.1, 0.15) is 0 Å². The SMILES string of the molecule is c1ccc(-c2cc(-c3cccc(-c4cc(-c5ccccc5)nc(-c5ccc(-c6ccccc6)o5)c4)c3)cc(-c3ccc(-c4ccccc4)o3)n2)cc1. The lowest BCUT2D eigenvalue weighted by atomic mass is 9.96. The molecule has 0 aliphatic rings. The fourth-order valence-corrected chi connectivity index (χ4v) is 6.51. The Labute approximate surface area is 302 Å². The van der Waals surface area contributed by atoms with E-state index in [1.165, 1.54) is 0 Å². The molecule has 5 aromatic carbocycles. The summed E-state index contributed by atoms with van der Waals surface area (Å²) in [6.07, 6.45) is 0. The van der Waals surface area contributed by atoms with Crippen molar-refractivity contribution in [1.29, 1.82) is 0 Å². The smallest absolute Gasteiger partial charge is 0.153 e. The second-order valence-electron chi connectivity index (χ2n) is 12.6. The topological polar surface area (TPSA) is 52.1 Å². The number of pyridine rings is 2. The van der Waals surface area contributed by atoms with Gasteiger partial charge in [-0.2, -0.15) is 0 Å². The number of aromatic nitrogens is 2. The van der Waals surface area contributed by atoms with Gasteiger partial charge in [0.2, 0.25) is 0 Å². The summed E-state index contributed by atoms with van der Waals surface area (Å²) < 4.78 is 12.8. The van der Waals surface area contributed by atoms with E-state index in [1.807, 2.05) is 97.1 Å². The lowest BCUT2D eigenvalue weighted by molar-refractivity contribution is 0.595. The third kappa shape index (κ3) is 6.37. The van der Waals surface area contributed by atoms with Crippen molar-refractivity contribution in [2.45, 2.75) is 0 Å². The minimum Gasteiger partial charge on any atom is -0.454 e. The average molecular weight is 669 g/mol. The van der Waals surface area contributed by atoms with Gasteiger partial charge in [-0.1, -0.05) is 140 Å². The van der Waals surface area contributed by atoms with Crippen LogP contribution in [0.2, 0.25) is 0 Å². The molecule has 9 aromatic rings. The Morgan fingerprint density at radius 2 is 0.558 bits per heavy atom. The number of benzene rings is 5. The maximum absolute atomic E-state index is 6.39. The molecular weight excluding hydrogens is 637 g/mol. The summed E-state index contributed by atoms with van der Waals surface area (Å²) in [5.74, 6) is 3.05. The van der Waals surface area contributed by atoms with Crippen LogP contribution < -0.4 is 0 Å². The van der Waals surface area contributed by atoms with E-state index in [4.69, 9.17) is 18.8 Å². The first-order valence-corrected chi connectivity index (χ1v) is 17.3. The minimum atomic E-state index is 0.716. The molecule has 52 heavy (non-hydrogen) atoms. The van der Waals surface area contributed by atoms with Gasteiger partial charge < -0.3 is 8.83 Å². The van der Waals surface area contributed by atoms with Gasteiger partial charge in [0, 0.05) is 22.3 Å². The molecule has 4 heterocycles. The highest BCUT2D eigenvalue weighted by Crippen LogP contribution is 2.37. The first-order valence-electron chi connectivity index (χ1n) is 17.3. The molecule has 0 atom stereocenters. The van der Waals surface area contributed by atoms with Gasteiger partial charge >= 0.3 is 0 Å². The molecule has 4 aromatic heterocycles. The highest BCUT2D eigenvalue weighted by molar-refractivity contribution is 5.81. The average Bonchev–Trinajstić information content (AvgIpc) is 3.94. The number of rotatable bonds is 8. The van der Waals surface area contributed by atoms with Crippen LogP contribution in [0, 0.1) is 0 Å². The van der Waals surface area contributed by atoms with Crippen molar-refractivity contribution in [2.24, 2.45) is 0 Å². The van der Waals surface area contributed by atoms with Gasteiger partial charge in [0.25, 0.3) is 0 Å². The quantitative estimate of drug-likeness (QED) is 0.162. The van der Waals surface area contributed by atoms with Crippen LogP contribution in [0.5, 0.6) is 0 Å². The van der Waals surface area contributed by atoms with Crippen molar-refractivity contribution >= 4 is 0 Å². The zero-order chi connectivity index (χ0) is 34.7. The monoisotopic (exact) mass is 668 g/mol. The number of furan rings is 2. The number of hydrogen-bond acceptors (Lipinski definition) is 4. The maximum atomic E-state index is 6.39. The van der Waals surface area contributed by atoms with E-state index in [1.54, 1.807) is 0 Å². The van der Waals surface area contributed by atoms with E-state index in [9.17, 15) is 0 Å². The molecule has 0 aliphatic carbocycles. The van der Waals surface area contributed by atoms with Gasteiger partial charge in [0.05, 0.1) is 11.4 Å². The van der Waals surface area contributed by atoms with E-state index in [-0.39, 0.29) is 0 Å². The molecule has 0 amide bonds. The first-order chi connectivity index (χ1) is 25.7. The fraction of sp³-hybridized carbons (Fsp3) is 0. The van der Waals surface area contributed by atoms with Crippen LogP contribution in [0.25, 0.3) is 90.3 Å². The van der Waals surface area contributed by atoms with Gasteiger partial charge in [-0.25, -0.2) is 9.97 Å². The summed E-state index contributed by atoms with van der Waals surface area (Å²) in [5.41, 5.74) is 11.6. The van der Waals surface area contributed by atoms with Gasteiger partial charge in [-0.05, 0) is 76.9 Å². The van der Waals surface area contributed by atoms with Gasteiger partial charge in [-0.15, -0.1) is 0 Å². The normalized spacial score (nSPS) is 11.1. The summed E-state index contributed by atoms with van der Waals surface area (Å²) in [6, 6.07) is 66.0. The maximum Gasteiger partial charge on any atom is 0.153 e. The molecule has 4 nitrogen and oxygen atoms in total. The van der Waals surface area contributed by atoms with Gasteiger partial charge in [0.15, 0.2) is 11.5 Å². The molecule has 0 unspecified atom stereocenters. The largest absolute Gasteiger partial charge is 0.454 e. The summed E-state index contributed by atoms with van der Waals surface area (Å²) >= 11 is 0. The lowest BCUT2D eigenvalue weighted by Crippen LogP contribution is -1.92. The van der Waals surface area contributed by atoms with Crippen molar-refractivity contribution < 1.29 is 8.83 Å². The van der Waals surface area contributed by atoms with E-state index in [0.29, 0.717) is 11.5 Å². The van der Waals surface area contributed by atoms with E-state index >= 15 is 0 Å². The molecule has 9 rings (SSSR count). The van der Waals surface area contributed by atoms with Crippen molar-refractivity contribution in [3.05, 3.63) is 194 Å². The third-order valence-corrected chi connectivity index (χ3v) is 9.15. The van der Waals surface area contributed by atoms with E-state index in [2.05, 4.69) is 97.1 Å². The molecule has 0 bridgehead atoms. The van der Waals surface area contributed by atoms with E-state index in [0.717, 1.165) is 78.8 Å². The Kier molecular flexibility index (Phi) is 8.16. The summed E-state index contributed by atoms with van der Waals surface area (Å²) in [6.45, 7) is 0. The molecular formula is C48H32N2O2. The Bertz CT molecular complexity index is 2430. The van der Waals surface area contributed by atoms with Gasteiger partial charge in [-0.3, -0.25) is 0 Å². The highest BCUT2D eigenvalue weighted by Gasteiger charge is 2.16. The van der Waals surface area contributed by atoms with Crippen LogP contribution in [0.15, 0.2) is 203 Å². The van der Waals surface area contributed by atoms with Gasteiger partial charge in [0.1, 0.15) is 22.9 Å². The standard InChI is InChI=1S/C48H32N2O2/c1-5-14-33(15-6-1)41-29-39(31-43(49-41)47-26-24-45(51-47)35-18-9-3-10-19-35)37-22-13-23-38(28-37)40-30-42(34-16-7-2-8-17-34)50-44(32-40)48-27-25-46(52-48)36-20-11-4-12-21-36/h1-32H. The number of hydrogen-bond donors (Lipinski definition) is 0. The van der Waals surface area contributed by atoms with Crippen molar-refractivity contribution in [3.8, 4) is 90.3 Å². The molecule has 0 saturated heterocycles. The summed E-state index contributed by atoms with van der Waals surface area (Å²) in [7, 11) is 0. The Hall–Kier alpha value is -7.04. The van der Waals surface area contributed by atoms with E-state index < -0.39 is 0 Å². The predicted octanol–water partition coefficient (Wildman–Crippen LogP) is 13.0. The zero-order valence-electron chi connectivity index (χ0n) is 28.2. The molecule has 0 saturated carbocycles. The Morgan fingerprint density at radius 3 is 0.962 bits per heavy atom. The second-order valence-corrected chi connectivity index (χ2v) is 12.6. The van der Waals surface area contributed by atoms with Crippen LogP contribution in [0.3, 0.4) is 0 Å². The van der Waals surface area contributed by atoms with Crippen molar-refractivity contribution in [2.75, 3.05) is 0 Å². The predicted molar refractivity (Wildman–Crippen MR) is 210 cm³/mol. The minimum absolute atomic E-state index is 0.716. The molecule has 0 fully saturated rings. The van der Waals surface area contributed by atoms with Crippen LogP contribution in [-0.4, -0.2) is 9.97 Å². The molecule has 4 heteroatoms. The molecule has 246 valence electrons. The third-order valence-electron chi connectivity index (χ3n) is 9.15. The summed E-state index contributed by atoms with van der Waals surface area (Å²) in [5, 5.41) is 0.